The van der Waals surface area contributed by atoms with Gasteiger partial charge in [-0.15, -0.1) is 11.3 Å². The van der Waals surface area contributed by atoms with Crippen molar-refractivity contribution < 1.29 is 0 Å². The lowest BCUT2D eigenvalue weighted by Crippen LogP contribution is -2.24. The molecule has 0 radical (unpaired) electrons. The molecule has 1 aromatic carbocycles. The molecular formula is C19H21IN6S2. The zero-order valence-electron chi connectivity index (χ0n) is 15.6. The molecule has 4 aromatic rings. The molecule has 0 bridgehead atoms. The number of hydrogen-bond acceptors (Lipinski definition) is 7. The van der Waals surface area contributed by atoms with Crippen LogP contribution in [0.4, 0.5) is 5.82 Å². The molecule has 0 fully saturated rings. The SMILES string of the molecule is CC(C)CNCCn1c(Sc2cc3sccc3cc2I)nc2c(N)ncnc21. The average molecular weight is 524 g/mol. The lowest BCUT2D eigenvalue weighted by Gasteiger charge is -2.11. The largest absolute Gasteiger partial charge is 0.382 e. The molecule has 0 aliphatic rings. The topological polar surface area (TPSA) is 81.7 Å². The number of benzene rings is 1. The molecule has 6 nitrogen and oxygen atoms in total. The van der Waals surface area contributed by atoms with Gasteiger partial charge in [0, 0.05) is 26.3 Å². The summed E-state index contributed by atoms with van der Waals surface area (Å²) in [5.41, 5.74) is 7.52. The second-order valence-electron chi connectivity index (χ2n) is 6.92. The van der Waals surface area contributed by atoms with E-state index >= 15 is 0 Å². The summed E-state index contributed by atoms with van der Waals surface area (Å²) >= 11 is 5.81. The van der Waals surface area contributed by atoms with Crippen molar-refractivity contribution in [1.29, 1.82) is 0 Å². The average Bonchev–Trinajstić information content (AvgIpc) is 3.24. The summed E-state index contributed by atoms with van der Waals surface area (Å²) in [6.07, 6.45) is 1.51. The van der Waals surface area contributed by atoms with Gasteiger partial charge in [0.15, 0.2) is 22.1 Å². The van der Waals surface area contributed by atoms with Crippen LogP contribution in [0, 0.1) is 9.49 Å². The number of aromatic nitrogens is 4. The molecular weight excluding hydrogens is 503 g/mol. The van der Waals surface area contributed by atoms with Crippen molar-refractivity contribution in [2.45, 2.75) is 30.4 Å². The van der Waals surface area contributed by atoms with Crippen LogP contribution >= 0.6 is 45.7 Å². The van der Waals surface area contributed by atoms with Gasteiger partial charge in [0.25, 0.3) is 0 Å². The molecule has 0 saturated carbocycles. The third-order valence-corrected chi connectivity index (χ3v) is 7.49. The molecule has 3 aromatic heterocycles. The number of fused-ring (bicyclic) bond motifs is 2. The molecule has 146 valence electrons. The van der Waals surface area contributed by atoms with Gasteiger partial charge < -0.3 is 15.6 Å². The van der Waals surface area contributed by atoms with Gasteiger partial charge in [0.1, 0.15) is 6.33 Å². The number of thiophene rings is 1. The molecule has 9 heteroatoms. The van der Waals surface area contributed by atoms with E-state index in [1.807, 2.05) is 0 Å². The van der Waals surface area contributed by atoms with E-state index in [4.69, 9.17) is 10.7 Å². The summed E-state index contributed by atoms with van der Waals surface area (Å²) in [6.45, 7) is 7.02. The van der Waals surface area contributed by atoms with E-state index < -0.39 is 0 Å². The van der Waals surface area contributed by atoms with Gasteiger partial charge in [-0.05, 0) is 64.0 Å². The van der Waals surface area contributed by atoms with E-state index in [0.717, 1.165) is 30.4 Å². The predicted molar refractivity (Wildman–Crippen MR) is 126 cm³/mol. The standard InChI is InChI=1S/C19H21IN6S2/c1-11(2)9-22-4-5-26-18-16(17(21)23-10-24-18)25-19(26)28-15-8-14-12(3-6-27-14)7-13(15)20/h3,6-8,10-11,22H,4-5,9H2,1-2H3,(H2,21,23,24). The Morgan fingerprint density at radius 1 is 1.32 bits per heavy atom. The Morgan fingerprint density at radius 2 is 2.18 bits per heavy atom. The minimum Gasteiger partial charge on any atom is -0.382 e. The number of rotatable bonds is 7. The molecule has 0 saturated heterocycles. The zero-order chi connectivity index (χ0) is 19.7. The predicted octanol–water partition coefficient (Wildman–Crippen LogP) is 4.62. The number of nitrogens with zero attached hydrogens (tertiary/aromatic N) is 4. The van der Waals surface area contributed by atoms with Crippen molar-refractivity contribution in [2.24, 2.45) is 5.92 Å². The van der Waals surface area contributed by atoms with Crippen LogP contribution in [-0.2, 0) is 6.54 Å². The zero-order valence-corrected chi connectivity index (χ0v) is 19.4. The number of hydrogen-bond donors (Lipinski definition) is 2. The molecule has 0 aliphatic carbocycles. The smallest absolute Gasteiger partial charge is 0.175 e. The normalized spacial score (nSPS) is 11.9. The quantitative estimate of drug-likeness (QED) is 0.271. The first kappa shape index (κ1) is 19.9. The van der Waals surface area contributed by atoms with Gasteiger partial charge in [-0.25, -0.2) is 15.0 Å². The highest BCUT2D eigenvalue weighted by molar-refractivity contribution is 14.1. The highest BCUT2D eigenvalue weighted by Gasteiger charge is 2.17. The van der Waals surface area contributed by atoms with Gasteiger partial charge >= 0.3 is 0 Å². The summed E-state index contributed by atoms with van der Waals surface area (Å²) < 4.78 is 4.63. The summed E-state index contributed by atoms with van der Waals surface area (Å²) in [5, 5.41) is 7.79. The van der Waals surface area contributed by atoms with Crippen LogP contribution in [0.25, 0.3) is 21.3 Å². The van der Waals surface area contributed by atoms with Crippen molar-refractivity contribution in [1.82, 2.24) is 24.8 Å². The molecule has 0 spiro atoms. The number of imidazole rings is 1. The molecule has 3 N–H and O–H groups in total. The Labute approximate surface area is 185 Å². The van der Waals surface area contributed by atoms with E-state index in [1.54, 1.807) is 23.1 Å². The van der Waals surface area contributed by atoms with E-state index in [9.17, 15) is 0 Å². The Hall–Kier alpha value is -1.43. The van der Waals surface area contributed by atoms with Crippen LogP contribution in [0.1, 0.15) is 13.8 Å². The summed E-state index contributed by atoms with van der Waals surface area (Å²) in [4.78, 5) is 14.5. The maximum absolute atomic E-state index is 6.07. The molecule has 0 amide bonds. The van der Waals surface area contributed by atoms with Gasteiger partial charge in [-0.3, -0.25) is 0 Å². The van der Waals surface area contributed by atoms with Crippen LogP contribution in [0.15, 0.2) is 40.0 Å². The summed E-state index contributed by atoms with van der Waals surface area (Å²) in [5.74, 6) is 1.04. The molecule has 0 aliphatic heterocycles. The fraction of sp³-hybridized carbons (Fsp3) is 0.316. The number of halogens is 1. The lowest BCUT2D eigenvalue weighted by atomic mass is 10.2. The Bertz CT molecular complexity index is 1120. The monoisotopic (exact) mass is 524 g/mol. The van der Waals surface area contributed by atoms with Gasteiger partial charge in [0.2, 0.25) is 0 Å². The number of nitrogens with two attached hydrogens (primary N) is 1. The van der Waals surface area contributed by atoms with Gasteiger partial charge in [-0.2, -0.15) is 0 Å². The Morgan fingerprint density at radius 3 is 3.00 bits per heavy atom. The summed E-state index contributed by atoms with van der Waals surface area (Å²) in [7, 11) is 0. The minimum atomic E-state index is 0.421. The third kappa shape index (κ3) is 4.12. The van der Waals surface area contributed by atoms with Crippen LogP contribution in [0.5, 0.6) is 0 Å². The Balaban J connectivity index is 1.69. The first-order valence-electron chi connectivity index (χ1n) is 9.05. The van der Waals surface area contributed by atoms with Crippen molar-refractivity contribution in [3.63, 3.8) is 0 Å². The maximum atomic E-state index is 6.07. The highest BCUT2D eigenvalue weighted by atomic mass is 127. The highest BCUT2D eigenvalue weighted by Crippen LogP contribution is 2.36. The molecule has 0 unspecified atom stereocenters. The molecule has 4 rings (SSSR count). The second-order valence-corrected chi connectivity index (χ2v) is 10.0. The van der Waals surface area contributed by atoms with E-state index in [-0.39, 0.29) is 0 Å². The van der Waals surface area contributed by atoms with Crippen LogP contribution in [0.3, 0.4) is 0 Å². The van der Waals surface area contributed by atoms with Gasteiger partial charge in [-0.1, -0.05) is 25.6 Å². The number of anilines is 1. The van der Waals surface area contributed by atoms with E-state index in [0.29, 0.717) is 17.3 Å². The molecule has 0 atom stereocenters. The third-order valence-electron chi connectivity index (χ3n) is 4.30. The minimum absolute atomic E-state index is 0.421. The molecule has 3 heterocycles. The van der Waals surface area contributed by atoms with Crippen LogP contribution in [-0.4, -0.2) is 32.6 Å². The first-order chi connectivity index (χ1) is 13.5. The van der Waals surface area contributed by atoms with Crippen molar-refractivity contribution in [2.75, 3.05) is 18.8 Å². The second kappa shape index (κ2) is 8.52. The Kier molecular flexibility index (Phi) is 6.04. The number of nitrogens with one attached hydrogen (secondary N) is 1. The van der Waals surface area contributed by atoms with Crippen molar-refractivity contribution >= 4 is 72.8 Å². The number of nitrogen functional groups attached to an aromatic ring is 1. The fourth-order valence-corrected chi connectivity index (χ4v) is 5.60. The van der Waals surface area contributed by atoms with E-state index in [2.05, 4.69) is 79.9 Å². The van der Waals surface area contributed by atoms with E-state index in [1.165, 1.54) is 24.9 Å². The lowest BCUT2D eigenvalue weighted by molar-refractivity contribution is 0.516. The maximum Gasteiger partial charge on any atom is 0.175 e. The van der Waals surface area contributed by atoms with Crippen molar-refractivity contribution in [3.05, 3.63) is 33.5 Å². The fourth-order valence-electron chi connectivity index (χ4n) is 2.93. The molecule has 28 heavy (non-hydrogen) atoms. The van der Waals surface area contributed by atoms with Crippen LogP contribution in [0.2, 0.25) is 0 Å². The van der Waals surface area contributed by atoms with Crippen LogP contribution < -0.4 is 11.1 Å². The van der Waals surface area contributed by atoms with Crippen molar-refractivity contribution in [3.8, 4) is 0 Å². The summed E-state index contributed by atoms with van der Waals surface area (Å²) in [6, 6.07) is 6.62. The first-order valence-corrected chi connectivity index (χ1v) is 11.8. The van der Waals surface area contributed by atoms with Gasteiger partial charge in [0.05, 0.1) is 0 Å².